The summed E-state index contributed by atoms with van der Waals surface area (Å²) in [6.45, 7) is 9.07. The molecule has 10 heteroatoms. The Morgan fingerprint density at radius 1 is 0.467 bits per heavy atom. The third kappa shape index (κ3) is 14.3. The normalized spacial score (nSPS) is 10.8. The number of fused-ring (bicyclic) bond motifs is 3. The van der Waals surface area contributed by atoms with Crippen molar-refractivity contribution < 1.29 is 25.3 Å². The zero-order valence-electron chi connectivity index (χ0n) is 51.7. The molecule has 2 aromatic heterocycles. The van der Waals surface area contributed by atoms with Crippen molar-refractivity contribution in [1.82, 2.24) is 14.5 Å². The van der Waals surface area contributed by atoms with E-state index in [9.17, 15) is 0 Å². The van der Waals surface area contributed by atoms with E-state index in [2.05, 4.69) is 321 Å². The van der Waals surface area contributed by atoms with Gasteiger partial charge in [0.15, 0.2) is 1.41 Å². The van der Waals surface area contributed by atoms with Gasteiger partial charge in [-0.15, -0.1) is 35.9 Å². The summed E-state index contributed by atoms with van der Waals surface area (Å²) >= 11 is 1.47. The van der Waals surface area contributed by atoms with Crippen LogP contribution in [0.5, 0.6) is 5.75 Å². The van der Waals surface area contributed by atoms with Crippen molar-refractivity contribution in [3.05, 3.63) is 327 Å². The molecule has 0 aliphatic heterocycles. The molecule has 0 bridgehead atoms. The summed E-state index contributed by atoms with van der Waals surface area (Å²) in [5.41, 5.74) is 17.6. The molecule has 0 fully saturated rings. The van der Waals surface area contributed by atoms with Crippen molar-refractivity contribution in [1.29, 1.82) is 5.15 Å². The second kappa shape index (κ2) is 30.6. The van der Waals surface area contributed by atoms with E-state index in [1.807, 2.05) is 54.7 Å². The van der Waals surface area contributed by atoms with Gasteiger partial charge < -0.3 is 18.2 Å². The molecule has 0 saturated carbocycles. The van der Waals surface area contributed by atoms with Crippen molar-refractivity contribution in [3.63, 3.8) is 0 Å². The summed E-state index contributed by atoms with van der Waals surface area (Å²) in [6, 6.07) is 106. The zero-order chi connectivity index (χ0) is 62.2. The van der Waals surface area contributed by atoms with Crippen LogP contribution in [0.3, 0.4) is 0 Å². The van der Waals surface area contributed by atoms with Crippen LogP contribution in [0.15, 0.2) is 310 Å². The monoisotopic (exact) mass is 1380 g/mol. The SMILES string of the molecule is CC(C)c1cc(-c2ccccc2)cc(C(C)C)c1-n1ccnc1-c1[c-]cccc1.[2H]N=P.[AlH][O]c1cccc2cccnc12.[Ir].c1ccc(N(c2ccc(-c3ccc(N(c4ccccc4)c4cccc5ccccc45)cc3)cc2)c2cccc3ccccc23)cc1. The molecule has 90 heavy (non-hydrogen) atoms. The number of hydrogen-bond donors (Lipinski definition) is 1. The van der Waals surface area contributed by atoms with Crippen LogP contribution < -0.4 is 13.6 Å². The zero-order valence-corrected chi connectivity index (χ0v) is 55.5. The maximum Gasteiger partial charge on any atom is 0.494 e. The first kappa shape index (κ1) is 62.1. The standard InChI is InChI=1S/C44H32N2.C27H27N2.C9H7NO.Al.Ir.H2NP.H/c1-3-17-37(18-4-1)45(43-23-11-15-35-13-7-9-21-41(35)43)39-29-25-33(26-30-39)34-27-31-40(32-28-34)46(38-19-5-2-6-20-38)44-24-12-16-36-14-8-10-22-42(36)44;1-19(2)24-17-23(21-11-7-5-8-12-21)18-25(20(3)4)26(24)29-16-15-28-27(29)22-13-9-6-10-14-22;11-8-5-1-3-7-4-2-6-10-9(7)8;;;1-2;/h1-32H;5-13,15-20H,1-4H3;1-6,11H;;;1-2H;/q;-1;;+1;;;/p-1/i/hD. The number of aromatic nitrogens is 3. The minimum atomic E-state index is 0. The third-order valence-corrected chi connectivity index (χ3v) is 16.0. The van der Waals surface area contributed by atoms with Gasteiger partial charge in [-0.05, 0) is 150 Å². The summed E-state index contributed by atoms with van der Waals surface area (Å²) in [6.07, 6.45) is 5.73. The minimum absolute atomic E-state index is 0. The Balaban J connectivity index is 0.000000171. The molecule has 0 amide bonds. The maximum absolute atomic E-state index is 5.75. The molecule has 12 aromatic carbocycles. The van der Waals surface area contributed by atoms with Crippen LogP contribution in [-0.4, -0.2) is 31.2 Å². The fraction of sp³-hybridized carbons (Fsp3) is 0.0750. The van der Waals surface area contributed by atoms with Gasteiger partial charge in [-0.2, -0.15) is 0 Å². The largest absolute Gasteiger partial charge is 0.649 e. The molecule has 0 atom stereocenters. The molecule has 2 heterocycles. The Kier molecular flexibility index (Phi) is 21.1. The molecule has 0 unspecified atom stereocenters. The van der Waals surface area contributed by atoms with Gasteiger partial charge in [0.1, 0.15) is 11.3 Å². The molecular weight excluding hydrogens is 1310 g/mol. The summed E-state index contributed by atoms with van der Waals surface area (Å²) in [4.78, 5) is 13.6. The molecule has 442 valence electrons. The van der Waals surface area contributed by atoms with E-state index in [0.29, 0.717) is 11.8 Å². The fourth-order valence-corrected chi connectivity index (χ4v) is 11.7. The van der Waals surface area contributed by atoms with Gasteiger partial charge in [0.25, 0.3) is 0 Å². The molecule has 2 radical (unpaired) electrons. The predicted octanol–water partition coefficient (Wildman–Crippen LogP) is 22.2. The Hall–Kier alpha value is -9.54. The van der Waals surface area contributed by atoms with Crippen molar-refractivity contribution in [3.8, 4) is 45.1 Å². The van der Waals surface area contributed by atoms with E-state index >= 15 is 0 Å². The molecule has 0 aliphatic carbocycles. The van der Waals surface area contributed by atoms with Crippen LogP contribution in [0.1, 0.15) is 50.7 Å². The Labute approximate surface area is 554 Å². The first-order valence-corrected chi connectivity index (χ1v) is 30.9. The topological polar surface area (TPSA) is 70.3 Å². The van der Waals surface area contributed by atoms with Crippen LogP contribution in [0, 0.1) is 11.2 Å². The van der Waals surface area contributed by atoms with E-state index < -0.39 is 0 Å². The van der Waals surface area contributed by atoms with Crippen molar-refractivity contribution in [2.45, 2.75) is 39.5 Å². The first-order valence-electron chi connectivity index (χ1n) is 30.3. The van der Waals surface area contributed by atoms with E-state index in [-0.39, 0.29) is 20.1 Å². The molecule has 0 saturated heterocycles. The molecule has 0 aliphatic rings. The smallest absolute Gasteiger partial charge is 0.494 e. The van der Waals surface area contributed by atoms with Gasteiger partial charge in [-0.1, -0.05) is 210 Å². The van der Waals surface area contributed by atoms with Crippen LogP contribution in [-0.2, 0) is 20.1 Å². The predicted molar refractivity (Wildman–Crippen MR) is 378 cm³/mol. The van der Waals surface area contributed by atoms with E-state index in [1.54, 1.807) is 6.20 Å². The summed E-state index contributed by atoms with van der Waals surface area (Å²) < 4.78 is 13.2. The number of imidazole rings is 1. The number of nitrogens with one attached hydrogen (secondary N) is 1. The average Bonchev–Trinajstić information content (AvgIpc) is 1.80. The van der Waals surface area contributed by atoms with E-state index in [0.717, 1.165) is 62.2 Å². The molecular formula is C80H68AlIrN6OP-. The van der Waals surface area contributed by atoms with Crippen LogP contribution in [0.4, 0.5) is 34.1 Å². The summed E-state index contributed by atoms with van der Waals surface area (Å²) in [5, 5.41) is 8.57. The van der Waals surface area contributed by atoms with Crippen molar-refractivity contribution >= 4 is 92.2 Å². The molecule has 7 nitrogen and oxygen atoms in total. The Morgan fingerprint density at radius 2 is 0.900 bits per heavy atom. The average molecular weight is 1380 g/mol. The second-order valence-electron chi connectivity index (χ2n) is 22.0. The van der Waals surface area contributed by atoms with Gasteiger partial charge >= 0.3 is 16.6 Å². The number of benzene rings is 12. The number of hydrogen-bond acceptors (Lipinski definition) is 6. The molecule has 0 spiro atoms. The maximum atomic E-state index is 5.75. The Morgan fingerprint density at radius 3 is 1.40 bits per heavy atom. The molecule has 14 rings (SSSR count). The first-order chi connectivity index (χ1) is 44.2. The fourth-order valence-electron chi connectivity index (χ4n) is 11.5. The van der Waals surface area contributed by atoms with Gasteiger partial charge in [-0.3, -0.25) is 15.1 Å². The minimum Gasteiger partial charge on any atom is -0.649 e. The van der Waals surface area contributed by atoms with Crippen LogP contribution >= 0.6 is 9.03 Å². The number of anilines is 6. The summed E-state index contributed by atoms with van der Waals surface area (Å²) in [5.74, 6) is 2.55. The van der Waals surface area contributed by atoms with E-state index in [4.69, 9.17) is 5.20 Å². The molecule has 14 aromatic rings. The van der Waals surface area contributed by atoms with Crippen LogP contribution in [0.25, 0.3) is 71.8 Å². The van der Waals surface area contributed by atoms with Crippen LogP contribution in [0.2, 0.25) is 1.41 Å². The Bertz CT molecular complexity index is 4430. The quantitative estimate of drug-likeness (QED) is 0.0708. The third-order valence-electron chi connectivity index (χ3n) is 15.7. The molecule has 1 N–H and O–H groups in total. The van der Waals surface area contributed by atoms with Gasteiger partial charge in [0.05, 0.1) is 17.2 Å². The van der Waals surface area contributed by atoms with Crippen molar-refractivity contribution in [2.24, 2.45) is 0 Å². The summed E-state index contributed by atoms with van der Waals surface area (Å²) in [7, 11) is 2.48. The number of nitrogens with zero attached hydrogens (tertiary/aromatic N) is 5. The van der Waals surface area contributed by atoms with E-state index in [1.165, 1.54) is 77.2 Å². The number of para-hydroxylation sites is 3. The number of rotatable bonds is 13. The van der Waals surface area contributed by atoms with Gasteiger partial charge in [0.2, 0.25) is 0 Å². The second-order valence-corrected chi connectivity index (χ2v) is 22.3. The van der Waals surface area contributed by atoms with Gasteiger partial charge in [0, 0.05) is 83.3 Å². The van der Waals surface area contributed by atoms with Gasteiger partial charge in [-0.25, -0.2) is 0 Å². The number of pyridine rings is 1. The van der Waals surface area contributed by atoms with Crippen molar-refractivity contribution in [2.75, 3.05) is 9.80 Å².